The van der Waals surface area contributed by atoms with Crippen LogP contribution in [0.25, 0.3) is 28.2 Å². The first-order valence-corrected chi connectivity index (χ1v) is 13.6. The Balaban J connectivity index is 1.34. The number of piperazine rings is 1. The fraction of sp³-hybridized carbons (Fsp3) is 0.194. The molecule has 0 radical (unpaired) electrons. The van der Waals surface area contributed by atoms with Crippen molar-refractivity contribution < 1.29 is 22.7 Å². The second-order valence-corrected chi connectivity index (χ2v) is 10.3. The molecule has 1 fully saturated rings. The van der Waals surface area contributed by atoms with Crippen LogP contribution in [0.2, 0.25) is 5.02 Å². The highest BCUT2D eigenvalue weighted by Crippen LogP contribution is 2.33. The topological polar surface area (TPSA) is 63.0 Å². The van der Waals surface area contributed by atoms with Gasteiger partial charge in [-0.05, 0) is 48.5 Å². The van der Waals surface area contributed by atoms with Gasteiger partial charge in [-0.2, -0.15) is 18.3 Å². The molecule has 3 heterocycles. The number of aromatic nitrogens is 3. The molecule has 0 bridgehead atoms. The summed E-state index contributed by atoms with van der Waals surface area (Å²) >= 11 is 6.07. The van der Waals surface area contributed by atoms with Crippen molar-refractivity contribution in [2.24, 2.45) is 0 Å². The molecule has 1 amide bonds. The van der Waals surface area contributed by atoms with Gasteiger partial charge < -0.3 is 14.5 Å². The number of anilines is 1. The largest absolute Gasteiger partial charge is 0.496 e. The van der Waals surface area contributed by atoms with Gasteiger partial charge in [0.25, 0.3) is 5.91 Å². The smallest absolute Gasteiger partial charge is 0.416 e. The summed E-state index contributed by atoms with van der Waals surface area (Å²) < 4.78 is 46.8. The zero-order chi connectivity index (χ0) is 29.4. The number of hydrogen-bond donors (Lipinski definition) is 0. The van der Waals surface area contributed by atoms with Crippen molar-refractivity contribution in [1.29, 1.82) is 0 Å². The van der Waals surface area contributed by atoms with E-state index in [4.69, 9.17) is 26.4 Å². The fourth-order valence-corrected chi connectivity index (χ4v) is 5.22. The number of fused-ring (bicyclic) bond motifs is 1. The Kier molecular flexibility index (Phi) is 7.24. The van der Waals surface area contributed by atoms with Crippen LogP contribution < -0.4 is 9.64 Å². The fourth-order valence-electron chi connectivity index (χ4n) is 5.09. The Bertz CT molecular complexity index is 1760. The third-order valence-electron chi connectivity index (χ3n) is 7.27. The predicted molar refractivity (Wildman–Crippen MR) is 155 cm³/mol. The Morgan fingerprint density at radius 1 is 0.881 bits per heavy atom. The lowest BCUT2D eigenvalue weighted by Gasteiger charge is -2.36. The number of rotatable bonds is 5. The summed E-state index contributed by atoms with van der Waals surface area (Å²) in [5.74, 6) is 0.355. The normalized spacial score (nSPS) is 13.9. The van der Waals surface area contributed by atoms with Gasteiger partial charge in [-0.1, -0.05) is 41.9 Å². The second-order valence-electron chi connectivity index (χ2n) is 9.86. The summed E-state index contributed by atoms with van der Waals surface area (Å²) in [6.07, 6.45) is -4.42. The van der Waals surface area contributed by atoms with Crippen LogP contribution in [0.1, 0.15) is 16.1 Å². The minimum atomic E-state index is -4.42. The molecule has 0 unspecified atom stereocenters. The SMILES string of the molecule is COc1ccccc1-c1cc(C(=O)N2CCN(c3cccc(C(F)(F)F)c3)CC2)n2nc(-c3ccc(Cl)cc3)cc2n1. The molecule has 3 aromatic carbocycles. The lowest BCUT2D eigenvalue weighted by atomic mass is 10.1. The van der Waals surface area contributed by atoms with E-state index < -0.39 is 11.7 Å². The number of methoxy groups -OCH3 is 1. The third-order valence-corrected chi connectivity index (χ3v) is 7.53. The number of para-hydroxylation sites is 1. The lowest BCUT2D eigenvalue weighted by molar-refractivity contribution is -0.137. The monoisotopic (exact) mass is 591 g/mol. The number of amides is 1. The summed E-state index contributed by atoms with van der Waals surface area (Å²) in [5.41, 5.74) is 3.28. The Hall–Kier alpha value is -4.57. The van der Waals surface area contributed by atoms with Gasteiger partial charge in [0, 0.05) is 54.1 Å². The molecule has 1 aliphatic rings. The molecule has 0 spiro atoms. The number of alkyl halides is 3. The molecule has 7 nitrogen and oxygen atoms in total. The predicted octanol–water partition coefficient (Wildman–Crippen LogP) is 6.71. The lowest BCUT2D eigenvalue weighted by Crippen LogP contribution is -2.49. The van der Waals surface area contributed by atoms with Crippen LogP contribution in [-0.2, 0) is 6.18 Å². The molecule has 0 aliphatic carbocycles. The van der Waals surface area contributed by atoms with Crippen molar-refractivity contribution in [1.82, 2.24) is 19.5 Å². The Morgan fingerprint density at radius 2 is 1.62 bits per heavy atom. The molecule has 1 saturated heterocycles. The molecule has 42 heavy (non-hydrogen) atoms. The van der Waals surface area contributed by atoms with E-state index in [1.54, 1.807) is 36.3 Å². The zero-order valence-corrected chi connectivity index (χ0v) is 23.2. The van der Waals surface area contributed by atoms with Crippen LogP contribution in [0.5, 0.6) is 5.75 Å². The van der Waals surface area contributed by atoms with Crippen LogP contribution in [-0.4, -0.2) is 58.7 Å². The standard InChI is InChI=1S/C31H25ClF3N5O2/c1-42-28-8-3-2-7-24(28)26-18-27(40-29(36-26)19-25(37-40)20-9-11-22(32)12-10-20)30(41)39-15-13-38(14-16-39)23-6-4-5-21(17-23)31(33,34)35/h2-12,17-19H,13-16H2,1H3. The van der Waals surface area contributed by atoms with Gasteiger partial charge in [-0.15, -0.1) is 0 Å². The first-order valence-electron chi connectivity index (χ1n) is 13.2. The number of hydrogen-bond acceptors (Lipinski definition) is 5. The van der Waals surface area contributed by atoms with E-state index >= 15 is 0 Å². The number of halogens is 4. The second kappa shape index (κ2) is 11.0. The van der Waals surface area contributed by atoms with Gasteiger partial charge in [-0.25, -0.2) is 9.50 Å². The molecule has 0 N–H and O–H groups in total. The van der Waals surface area contributed by atoms with Crippen LogP contribution in [0, 0.1) is 0 Å². The Morgan fingerprint density at radius 3 is 2.33 bits per heavy atom. The number of benzene rings is 3. The molecule has 2 aromatic heterocycles. The highest BCUT2D eigenvalue weighted by molar-refractivity contribution is 6.30. The minimum absolute atomic E-state index is 0.256. The molecule has 0 atom stereocenters. The van der Waals surface area contributed by atoms with Crippen molar-refractivity contribution in [3.05, 3.63) is 101 Å². The zero-order valence-electron chi connectivity index (χ0n) is 22.5. The summed E-state index contributed by atoms with van der Waals surface area (Å²) in [6, 6.07) is 23.4. The average molecular weight is 592 g/mol. The summed E-state index contributed by atoms with van der Waals surface area (Å²) in [7, 11) is 1.57. The molecule has 6 rings (SSSR count). The van der Waals surface area contributed by atoms with E-state index in [1.807, 2.05) is 47.4 Å². The van der Waals surface area contributed by atoms with Crippen molar-refractivity contribution in [2.75, 3.05) is 38.2 Å². The van der Waals surface area contributed by atoms with Crippen LogP contribution in [0.3, 0.4) is 0 Å². The number of carbonyl (C=O) groups excluding carboxylic acids is 1. The maximum absolute atomic E-state index is 14.0. The summed E-state index contributed by atoms with van der Waals surface area (Å²) in [4.78, 5) is 22.3. The van der Waals surface area contributed by atoms with E-state index in [2.05, 4.69) is 0 Å². The van der Waals surface area contributed by atoms with Crippen molar-refractivity contribution in [3.8, 4) is 28.3 Å². The van der Waals surface area contributed by atoms with Gasteiger partial charge in [0.1, 0.15) is 11.4 Å². The quantitative estimate of drug-likeness (QED) is 0.227. The maximum atomic E-state index is 14.0. The van der Waals surface area contributed by atoms with E-state index in [1.165, 1.54) is 10.6 Å². The van der Waals surface area contributed by atoms with Crippen molar-refractivity contribution >= 4 is 28.8 Å². The third kappa shape index (κ3) is 5.37. The van der Waals surface area contributed by atoms with E-state index in [0.717, 1.165) is 23.3 Å². The highest BCUT2D eigenvalue weighted by atomic mass is 35.5. The first kappa shape index (κ1) is 27.6. The van der Waals surface area contributed by atoms with Crippen LogP contribution in [0.4, 0.5) is 18.9 Å². The molecule has 214 valence electrons. The summed E-state index contributed by atoms with van der Waals surface area (Å²) in [6.45, 7) is 1.42. The number of ether oxygens (including phenoxy) is 1. The van der Waals surface area contributed by atoms with E-state index in [0.29, 0.717) is 65.4 Å². The molecule has 1 aliphatic heterocycles. The molecule has 0 saturated carbocycles. The molecule has 11 heteroatoms. The number of carbonyl (C=O) groups is 1. The van der Waals surface area contributed by atoms with E-state index in [9.17, 15) is 18.0 Å². The molecular formula is C31H25ClF3N5O2. The highest BCUT2D eigenvalue weighted by Gasteiger charge is 2.32. The van der Waals surface area contributed by atoms with Gasteiger partial charge >= 0.3 is 6.18 Å². The molecule has 5 aromatic rings. The summed E-state index contributed by atoms with van der Waals surface area (Å²) in [5, 5.41) is 5.31. The Labute approximate surface area is 244 Å². The number of nitrogens with zero attached hydrogens (tertiary/aromatic N) is 5. The van der Waals surface area contributed by atoms with Gasteiger partial charge in [0.05, 0.1) is 24.1 Å². The minimum Gasteiger partial charge on any atom is -0.496 e. The van der Waals surface area contributed by atoms with Crippen molar-refractivity contribution in [2.45, 2.75) is 6.18 Å². The van der Waals surface area contributed by atoms with Gasteiger partial charge in [0.2, 0.25) is 0 Å². The maximum Gasteiger partial charge on any atom is 0.416 e. The van der Waals surface area contributed by atoms with Gasteiger partial charge in [-0.3, -0.25) is 4.79 Å². The van der Waals surface area contributed by atoms with Crippen LogP contribution >= 0.6 is 11.6 Å². The van der Waals surface area contributed by atoms with Crippen molar-refractivity contribution in [3.63, 3.8) is 0 Å². The van der Waals surface area contributed by atoms with Gasteiger partial charge in [0.15, 0.2) is 5.65 Å². The average Bonchev–Trinajstić information content (AvgIpc) is 3.44. The van der Waals surface area contributed by atoms with Crippen LogP contribution in [0.15, 0.2) is 84.9 Å². The van der Waals surface area contributed by atoms with E-state index in [-0.39, 0.29) is 5.91 Å². The first-order chi connectivity index (χ1) is 20.2. The molecular weight excluding hydrogens is 567 g/mol.